The van der Waals surface area contributed by atoms with Gasteiger partial charge in [-0.15, -0.1) is 11.3 Å². The van der Waals surface area contributed by atoms with Gasteiger partial charge in [-0.3, -0.25) is 13.9 Å². The molecule has 1 aliphatic rings. The number of benzene rings is 1. The Morgan fingerprint density at radius 2 is 2.09 bits per heavy atom. The Kier molecular flexibility index (Phi) is 5.05. The highest BCUT2D eigenvalue weighted by molar-refractivity contribution is 7.10. The molecule has 0 unspecified atom stereocenters. The number of aliphatic hydroxyl groups is 1. The smallest absolute Gasteiger partial charge is 0.331 e. The summed E-state index contributed by atoms with van der Waals surface area (Å²) in [5, 5.41) is 12.6. The van der Waals surface area contributed by atoms with Crippen molar-refractivity contribution in [1.82, 2.24) is 18.7 Å². The third-order valence-electron chi connectivity index (χ3n) is 5.69. The number of aliphatic hydroxyl groups excluding tert-OH is 1. The third kappa shape index (κ3) is 3.06. The Balaban J connectivity index is 1.97. The monoisotopic (exact) mass is 476 g/mol. The number of hydrogen-bond donors (Lipinski definition) is 1. The fourth-order valence-electron chi connectivity index (χ4n) is 4.30. The highest BCUT2D eigenvalue weighted by Gasteiger charge is 2.37. The summed E-state index contributed by atoms with van der Waals surface area (Å²) in [7, 11) is 2.98. The molecule has 1 aliphatic heterocycles. The average Bonchev–Trinajstić information content (AvgIpc) is 3.37. The quantitative estimate of drug-likeness (QED) is 0.490. The molecule has 0 saturated heterocycles. The lowest BCUT2D eigenvalue weighted by Crippen LogP contribution is -2.37. The largest absolute Gasteiger partial charge is 0.394 e. The van der Waals surface area contributed by atoms with Crippen molar-refractivity contribution in [2.45, 2.75) is 18.8 Å². The lowest BCUT2D eigenvalue weighted by Gasteiger charge is -2.31. The first-order chi connectivity index (χ1) is 15.3. The van der Waals surface area contributed by atoms with Crippen LogP contribution in [0.4, 0.5) is 4.39 Å². The minimum absolute atomic E-state index is 0.208. The molecule has 11 heteroatoms. The topological polar surface area (TPSA) is 91.3 Å². The molecule has 166 valence electrons. The molecule has 0 fully saturated rings. The maximum absolute atomic E-state index is 14.2. The molecular formula is C21H18ClFN4O4S. The zero-order chi connectivity index (χ0) is 22.7. The number of nitrogens with zero attached hydrogens (tertiary/aromatic N) is 4. The molecule has 0 spiro atoms. The van der Waals surface area contributed by atoms with E-state index < -0.39 is 29.3 Å². The van der Waals surface area contributed by atoms with E-state index in [-0.39, 0.29) is 23.7 Å². The normalized spacial score (nSPS) is 18.3. The van der Waals surface area contributed by atoms with Crippen molar-refractivity contribution in [1.29, 1.82) is 0 Å². The van der Waals surface area contributed by atoms with Crippen molar-refractivity contribution in [3.05, 3.63) is 72.2 Å². The van der Waals surface area contributed by atoms with Gasteiger partial charge in [0.2, 0.25) is 0 Å². The maximum Gasteiger partial charge on any atom is 0.331 e. The van der Waals surface area contributed by atoms with Crippen LogP contribution in [0.2, 0.25) is 5.15 Å². The molecule has 5 rings (SSSR count). The summed E-state index contributed by atoms with van der Waals surface area (Å²) in [6, 6.07) is 5.92. The molecule has 1 aromatic carbocycles. The van der Waals surface area contributed by atoms with Crippen LogP contribution in [0, 0.1) is 5.82 Å². The van der Waals surface area contributed by atoms with Crippen LogP contribution in [-0.4, -0.2) is 36.5 Å². The number of halogens is 2. The molecule has 0 saturated carbocycles. The first-order valence-electron chi connectivity index (χ1n) is 9.77. The van der Waals surface area contributed by atoms with Gasteiger partial charge in [0.05, 0.1) is 41.5 Å². The van der Waals surface area contributed by atoms with Gasteiger partial charge in [0, 0.05) is 25.0 Å². The van der Waals surface area contributed by atoms with Crippen molar-refractivity contribution >= 4 is 33.8 Å². The van der Waals surface area contributed by atoms with Gasteiger partial charge in [-0.2, -0.15) is 0 Å². The fraction of sp³-hybridized carbons (Fsp3) is 0.286. The Morgan fingerprint density at radius 3 is 2.75 bits per heavy atom. The number of hydrogen-bond acceptors (Lipinski definition) is 6. The summed E-state index contributed by atoms with van der Waals surface area (Å²) in [6.45, 7) is -0.0670. The molecule has 1 N–H and O–H groups in total. The van der Waals surface area contributed by atoms with Gasteiger partial charge in [-0.05, 0) is 12.1 Å². The first kappa shape index (κ1) is 21.1. The number of aromatic nitrogens is 4. The molecule has 0 bridgehead atoms. The van der Waals surface area contributed by atoms with Crippen molar-refractivity contribution in [2.75, 3.05) is 6.61 Å². The molecule has 0 amide bonds. The maximum atomic E-state index is 14.2. The Labute approximate surface area is 189 Å². The van der Waals surface area contributed by atoms with Gasteiger partial charge in [0.25, 0.3) is 5.56 Å². The molecule has 4 heterocycles. The van der Waals surface area contributed by atoms with E-state index in [9.17, 15) is 19.1 Å². The van der Waals surface area contributed by atoms with Crippen LogP contribution in [0.5, 0.6) is 0 Å². The van der Waals surface area contributed by atoms with Crippen molar-refractivity contribution in [3.8, 4) is 11.3 Å². The summed E-state index contributed by atoms with van der Waals surface area (Å²) >= 11 is 7.33. The zero-order valence-electron chi connectivity index (χ0n) is 17.1. The highest BCUT2D eigenvalue weighted by Crippen LogP contribution is 2.42. The second kappa shape index (κ2) is 7.66. The fourth-order valence-corrected chi connectivity index (χ4v) is 5.29. The lowest BCUT2D eigenvalue weighted by atomic mass is 10.1. The molecule has 4 aromatic rings. The van der Waals surface area contributed by atoms with Gasteiger partial charge in [-0.25, -0.2) is 14.2 Å². The zero-order valence-corrected chi connectivity index (χ0v) is 18.7. The Bertz CT molecular complexity index is 1490. The van der Waals surface area contributed by atoms with E-state index >= 15 is 0 Å². The number of rotatable bonds is 3. The van der Waals surface area contributed by atoms with Crippen molar-refractivity contribution in [3.63, 3.8) is 0 Å². The van der Waals surface area contributed by atoms with E-state index in [1.807, 2.05) is 4.57 Å². The number of aryl methyl sites for hydroxylation is 1. The molecule has 0 aliphatic carbocycles. The van der Waals surface area contributed by atoms with E-state index in [0.717, 1.165) is 4.57 Å². The molecule has 3 aromatic heterocycles. The van der Waals surface area contributed by atoms with Crippen LogP contribution in [0.25, 0.3) is 22.2 Å². The highest BCUT2D eigenvalue weighted by atomic mass is 35.5. The van der Waals surface area contributed by atoms with Crippen LogP contribution >= 0.6 is 22.9 Å². The Hall–Kier alpha value is -2.79. The van der Waals surface area contributed by atoms with Crippen molar-refractivity contribution in [2.24, 2.45) is 14.1 Å². The van der Waals surface area contributed by atoms with Gasteiger partial charge in [0.1, 0.15) is 16.0 Å². The van der Waals surface area contributed by atoms with Crippen LogP contribution < -0.4 is 11.2 Å². The summed E-state index contributed by atoms with van der Waals surface area (Å²) in [4.78, 5) is 30.4. The minimum Gasteiger partial charge on any atom is -0.394 e. The van der Waals surface area contributed by atoms with Gasteiger partial charge >= 0.3 is 5.69 Å². The molecule has 8 nitrogen and oxygen atoms in total. The van der Waals surface area contributed by atoms with Crippen LogP contribution in [0.1, 0.15) is 16.8 Å². The molecule has 32 heavy (non-hydrogen) atoms. The number of ether oxygens (including phenoxy) is 1. The predicted octanol–water partition coefficient (Wildman–Crippen LogP) is 2.44. The summed E-state index contributed by atoms with van der Waals surface area (Å²) < 4.78 is 24.5. The van der Waals surface area contributed by atoms with Crippen LogP contribution in [0.15, 0.2) is 39.2 Å². The number of fused-ring (bicyclic) bond motifs is 3. The summed E-state index contributed by atoms with van der Waals surface area (Å²) in [5.74, 6) is -0.457. The van der Waals surface area contributed by atoms with Crippen LogP contribution in [-0.2, 0) is 25.4 Å². The first-order valence-corrected chi connectivity index (χ1v) is 11.0. The summed E-state index contributed by atoms with van der Waals surface area (Å²) in [5.41, 5.74) is 0.853. The van der Waals surface area contributed by atoms with Crippen molar-refractivity contribution < 1.29 is 14.2 Å². The molecular weight excluding hydrogens is 459 g/mol. The van der Waals surface area contributed by atoms with E-state index in [2.05, 4.69) is 4.98 Å². The SMILES string of the molecule is Cn1c(=O)c2c(-c3cccc(F)c3)n3c(c2n(C)c1=O)[C@@H](c1nc(Cl)cs1)O[C@H](CO)C3. The standard InChI is InChI=1S/C21H18ClFN4O4S/c1-25-16-14(20(29)26(2)21(25)30)15(10-4-3-5-11(23)6-10)27-7-12(8-28)31-18(17(16)27)19-24-13(22)9-32-19/h3-6,9,12,18,28H,7-8H2,1-2H3/t12-,18-/m0/s1. The molecule has 0 radical (unpaired) electrons. The van der Waals surface area contributed by atoms with Gasteiger partial charge in [-0.1, -0.05) is 23.7 Å². The van der Waals surface area contributed by atoms with Crippen LogP contribution in [0.3, 0.4) is 0 Å². The minimum atomic E-state index is -0.777. The lowest BCUT2D eigenvalue weighted by molar-refractivity contribution is -0.0517. The van der Waals surface area contributed by atoms with Gasteiger partial charge < -0.3 is 14.4 Å². The summed E-state index contributed by atoms with van der Waals surface area (Å²) in [6.07, 6.45) is -1.38. The van der Waals surface area contributed by atoms with E-state index in [1.54, 1.807) is 24.6 Å². The second-order valence-corrected chi connectivity index (χ2v) is 8.89. The van der Waals surface area contributed by atoms with E-state index in [4.69, 9.17) is 16.3 Å². The average molecular weight is 477 g/mol. The Morgan fingerprint density at radius 1 is 1.31 bits per heavy atom. The van der Waals surface area contributed by atoms with E-state index in [1.165, 1.54) is 35.1 Å². The van der Waals surface area contributed by atoms with Gasteiger partial charge in [0.15, 0.2) is 6.10 Å². The predicted molar refractivity (Wildman–Crippen MR) is 119 cm³/mol. The number of thiazole rings is 1. The van der Waals surface area contributed by atoms with E-state index in [0.29, 0.717) is 27.5 Å². The third-order valence-corrected chi connectivity index (χ3v) is 6.90. The molecule has 2 atom stereocenters. The second-order valence-electron chi connectivity index (χ2n) is 7.61.